The van der Waals surface area contributed by atoms with E-state index < -0.39 is 20.4 Å². The average molecular weight is 166 g/mol. The summed E-state index contributed by atoms with van der Waals surface area (Å²) in [5.41, 5.74) is 0.0673. The maximum absolute atomic E-state index is 11.4. The molecule has 0 aliphatic rings. The molecule has 0 rings (SSSR count). The molecule has 10 heavy (non-hydrogen) atoms. The lowest BCUT2D eigenvalue weighted by molar-refractivity contribution is -0.153. The van der Waals surface area contributed by atoms with Gasteiger partial charge >= 0.3 is 5.97 Å². The van der Waals surface area contributed by atoms with Crippen LogP contribution >= 0.6 is 7.77 Å². The Morgan fingerprint density at radius 2 is 2.30 bits per heavy atom. The molecule has 5 heteroatoms. The monoisotopic (exact) mass is 166 g/mol. The summed E-state index contributed by atoms with van der Waals surface area (Å²) >= 11 is 0. The Kier molecular flexibility index (Phi) is 4.16. The van der Waals surface area contributed by atoms with Crippen LogP contribution < -0.4 is 4.89 Å². The molecule has 0 spiro atoms. The first-order valence-electron chi connectivity index (χ1n) is 2.59. The van der Waals surface area contributed by atoms with Gasteiger partial charge in [0, 0.05) is 6.92 Å². The number of halogens is 1. The second-order valence-electron chi connectivity index (χ2n) is 1.62. The summed E-state index contributed by atoms with van der Waals surface area (Å²) in [6.07, 6.45) is 0. The van der Waals surface area contributed by atoms with E-state index >= 15 is 0 Å². The van der Waals surface area contributed by atoms with Crippen LogP contribution in [0.15, 0.2) is 0 Å². The van der Waals surface area contributed by atoms with Crippen LogP contribution in [-0.2, 0) is 9.53 Å². The molecule has 0 heterocycles. The smallest absolute Gasteiger partial charge is 0.345 e. The van der Waals surface area contributed by atoms with Gasteiger partial charge in [0.05, 0.1) is 14.4 Å². The molecule has 1 atom stereocenters. The Morgan fingerprint density at radius 1 is 1.80 bits per heavy atom. The van der Waals surface area contributed by atoms with E-state index in [0.29, 0.717) is 0 Å². The van der Waals surface area contributed by atoms with Gasteiger partial charge in [0.25, 0.3) is 5.48 Å². The third kappa shape index (κ3) is 3.54. The zero-order chi connectivity index (χ0) is 8.15. The maximum atomic E-state index is 11.4. The topological polar surface area (TPSA) is 49.4 Å². The van der Waals surface area contributed by atoms with Crippen LogP contribution in [0.3, 0.4) is 0 Å². The normalized spacial score (nSPS) is 12.4. The Morgan fingerprint density at radius 3 is 2.60 bits per heavy atom. The number of rotatable bonds is 2. The molecule has 0 aromatic carbocycles. The fourth-order valence-corrected chi connectivity index (χ4v) is 0.487. The van der Waals surface area contributed by atoms with E-state index in [-0.39, 0.29) is 5.48 Å². The van der Waals surface area contributed by atoms with Crippen molar-refractivity contribution < 1.29 is 18.8 Å². The molecule has 0 saturated carbocycles. The highest BCUT2D eigenvalue weighted by Crippen LogP contribution is 2.06. The maximum Gasteiger partial charge on any atom is 0.345 e. The standard InChI is InChI=1S/C5H8FO3P/c1-4(10(2)8)9-5(7)3-6/h3H2,1-2H3. The van der Waals surface area contributed by atoms with Crippen molar-refractivity contribution in [3.8, 4) is 0 Å². The third-order valence-electron chi connectivity index (χ3n) is 0.814. The molecule has 0 aliphatic heterocycles. The highest BCUT2D eigenvalue weighted by molar-refractivity contribution is 7.50. The van der Waals surface area contributed by atoms with Gasteiger partial charge in [0.1, 0.15) is 0 Å². The third-order valence-corrected chi connectivity index (χ3v) is 1.79. The fourth-order valence-electron chi connectivity index (χ4n) is 0.256. The van der Waals surface area contributed by atoms with Gasteiger partial charge in [-0.05, 0) is 0 Å². The Labute approximate surface area is 59.3 Å². The van der Waals surface area contributed by atoms with Crippen molar-refractivity contribution in [2.24, 2.45) is 0 Å². The summed E-state index contributed by atoms with van der Waals surface area (Å²) in [7, 11) is -1.64. The van der Waals surface area contributed by atoms with Gasteiger partial charge in [-0.15, -0.1) is 0 Å². The molecule has 0 aromatic rings. The molecule has 0 saturated heterocycles. The van der Waals surface area contributed by atoms with Crippen LogP contribution in [0.1, 0.15) is 6.92 Å². The van der Waals surface area contributed by atoms with Crippen LogP contribution in [0, 0.1) is 0 Å². The molecule has 0 aliphatic carbocycles. The van der Waals surface area contributed by atoms with Gasteiger partial charge < -0.3 is 9.63 Å². The van der Waals surface area contributed by atoms with Gasteiger partial charge in [-0.3, -0.25) is 0 Å². The predicted octanol–water partition coefficient (Wildman–Crippen LogP) is 0.0359. The van der Waals surface area contributed by atoms with Crippen LogP contribution in [-0.4, -0.2) is 24.8 Å². The summed E-state index contributed by atoms with van der Waals surface area (Å²) in [4.78, 5) is 20.7. The van der Waals surface area contributed by atoms with Gasteiger partial charge in [0.2, 0.25) is 0 Å². The molecule has 3 nitrogen and oxygen atoms in total. The molecule has 0 N–H and O–H groups in total. The highest BCUT2D eigenvalue weighted by atomic mass is 31.1. The largest absolute Gasteiger partial charge is 0.628 e. The van der Waals surface area contributed by atoms with Crippen molar-refractivity contribution >= 4 is 19.2 Å². The minimum absolute atomic E-state index is 0.0673. The molecular formula is C5H8FO3P. The molecule has 0 radical (unpaired) electrons. The number of hydrogen-bond acceptors (Lipinski definition) is 3. The summed E-state index contributed by atoms with van der Waals surface area (Å²) in [5, 5.41) is 0. The Bertz CT molecular complexity index is 162. The summed E-state index contributed by atoms with van der Waals surface area (Å²) < 4.78 is 15.7. The summed E-state index contributed by atoms with van der Waals surface area (Å²) in [6, 6.07) is 0. The molecular weight excluding hydrogens is 158 g/mol. The molecule has 1 unspecified atom stereocenters. The lowest BCUT2D eigenvalue weighted by Gasteiger charge is -1.97. The van der Waals surface area contributed by atoms with E-state index in [1.54, 1.807) is 0 Å². The van der Waals surface area contributed by atoms with E-state index in [2.05, 4.69) is 4.74 Å². The van der Waals surface area contributed by atoms with E-state index in [0.717, 1.165) is 0 Å². The van der Waals surface area contributed by atoms with Crippen LogP contribution in [0.5, 0.6) is 0 Å². The van der Waals surface area contributed by atoms with Crippen LogP contribution in [0.2, 0.25) is 0 Å². The first-order valence-corrected chi connectivity index (χ1v) is 4.29. The number of carbonyl (C=O) groups excluding carboxylic acids is 1. The number of alkyl halides is 1. The van der Waals surface area contributed by atoms with Gasteiger partial charge in [0.15, 0.2) is 6.67 Å². The van der Waals surface area contributed by atoms with Gasteiger partial charge in [-0.1, -0.05) is 0 Å². The van der Waals surface area contributed by atoms with Crippen molar-refractivity contribution in [2.45, 2.75) is 6.92 Å². The molecule has 0 fully saturated rings. The Balaban J connectivity index is 3.92. The molecule has 0 bridgehead atoms. The van der Waals surface area contributed by atoms with Gasteiger partial charge in [-0.25, -0.2) is 9.18 Å². The predicted molar refractivity (Wildman–Crippen MR) is 35.6 cm³/mol. The van der Waals surface area contributed by atoms with Crippen molar-refractivity contribution in [1.29, 1.82) is 0 Å². The summed E-state index contributed by atoms with van der Waals surface area (Å²) in [6.45, 7) is 1.59. The highest BCUT2D eigenvalue weighted by Gasteiger charge is 2.06. The first kappa shape index (κ1) is 9.53. The quantitative estimate of drug-likeness (QED) is 0.429. The zero-order valence-electron chi connectivity index (χ0n) is 5.76. The lowest BCUT2D eigenvalue weighted by Crippen LogP contribution is -2.12. The van der Waals surface area contributed by atoms with E-state index in [4.69, 9.17) is 0 Å². The second kappa shape index (κ2) is 4.36. The average Bonchev–Trinajstić information content (AvgIpc) is 1.87. The number of esters is 1. The fraction of sp³-hybridized carbons (Fsp3) is 0.600. The first-order chi connectivity index (χ1) is 4.57. The van der Waals surface area contributed by atoms with Crippen molar-refractivity contribution in [1.82, 2.24) is 0 Å². The minimum Gasteiger partial charge on any atom is -0.628 e. The summed E-state index contributed by atoms with van der Waals surface area (Å²) in [5.74, 6) is -0.997. The van der Waals surface area contributed by atoms with Gasteiger partial charge in [-0.2, -0.15) is 0 Å². The van der Waals surface area contributed by atoms with Crippen molar-refractivity contribution in [3.05, 3.63) is 0 Å². The molecule has 0 amide bonds. The zero-order valence-corrected chi connectivity index (χ0v) is 6.65. The van der Waals surface area contributed by atoms with Crippen LogP contribution in [0.4, 0.5) is 4.39 Å². The van der Waals surface area contributed by atoms with Crippen LogP contribution in [0.25, 0.3) is 0 Å². The Hall–Kier alpha value is -0.470. The van der Waals surface area contributed by atoms with E-state index in [1.165, 1.54) is 13.6 Å². The molecule has 58 valence electrons. The molecule has 0 aromatic heterocycles. The van der Waals surface area contributed by atoms with Crippen molar-refractivity contribution in [2.75, 3.05) is 13.3 Å². The van der Waals surface area contributed by atoms with E-state index in [1.807, 2.05) is 0 Å². The second-order valence-corrected chi connectivity index (χ2v) is 3.25. The van der Waals surface area contributed by atoms with E-state index in [9.17, 15) is 14.1 Å². The number of ether oxygens (including phenoxy) is 1. The number of carbonyl (C=O) groups is 1. The number of hydrogen-bond donors (Lipinski definition) is 0. The SMILES string of the molecule is C/C(OC(=O)CF)=[P+](\C)[O-]. The minimum atomic E-state index is -1.64. The van der Waals surface area contributed by atoms with Crippen molar-refractivity contribution in [3.63, 3.8) is 0 Å². The lowest BCUT2D eigenvalue weighted by atomic mass is 10.7.